The van der Waals surface area contributed by atoms with Crippen molar-refractivity contribution in [2.45, 2.75) is 0 Å². The highest BCUT2D eigenvalue weighted by molar-refractivity contribution is 5.96. The molecule has 0 saturated heterocycles. The summed E-state index contributed by atoms with van der Waals surface area (Å²) in [6, 6.07) is 9.82. The average Bonchev–Trinajstić information content (AvgIpc) is 3.25. The number of hydrogen-bond acceptors (Lipinski definition) is 6. The first-order valence-corrected chi connectivity index (χ1v) is 8.65. The number of amides is 4. The zero-order valence-electron chi connectivity index (χ0n) is 16.1. The van der Waals surface area contributed by atoms with Crippen LogP contribution in [0.15, 0.2) is 47.1 Å². The van der Waals surface area contributed by atoms with Crippen LogP contribution in [0.4, 0.5) is 5.69 Å². The van der Waals surface area contributed by atoms with Gasteiger partial charge in [-0.15, -0.1) is 0 Å². The molecule has 0 aliphatic rings. The quantitative estimate of drug-likeness (QED) is 0.551. The molecule has 2 rings (SSSR count). The summed E-state index contributed by atoms with van der Waals surface area (Å²) in [5.74, 6) is -1.28. The Bertz CT molecular complexity index is 865. The van der Waals surface area contributed by atoms with Crippen molar-refractivity contribution < 1.29 is 28.3 Å². The highest BCUT2D eigenvalue weighted by Crippen LogP contribution is 2.16. The Hall–Kier alpha value is -3.82. The number of benzene rings is 1. The molecular weight excluding hydrogens is 380 g/mol. The number of carbonyl (C=O) groups excluding carboxylic acids is 4. The van der Waals surface area contributed by atoms with Gasteiger partial charge in [0.2, 0.25) is 17.7 Å². The second-order valence-electron chi connectivity index (χ2n) is 5.97. The van der Waals surface area contributed by atoms with E-state index in [-0.39, 0.29) is 25.4 Å². The number of methoxy groups -OCH3 is 1. The Morgan fingerprint density at radius 2 is 1.83 bits per heavy atom. The molecule has 0 spiro atoms. The summed E-state index contributed by atoms with van der Waals surface area (Å²) < 4.78 is 9.98. The summed E-state index contributed by atoms with van der Waals surface area (Å²) in [6.07, 6.45) is 1.34. The second kappa shape index (κ2) is 10.5. The van der Waals surface area contributed by atoms with E-state index in [1.807, 2.05) is 0 Å². The number of nitrogens with zero attached hydrogens (tertiary/aromatic N) is 1. The molecule has 0 unspecified atom stereocenters. The third-order valence-corrected chi connectivity index (χ3v) is 3.75. The van der Waals surface area contributed by atoms with Gasteiger partial charge in [0, 0.05) is 18.8 Å². The standard InChI is InChI=1S/C19H22N4O6/c1-23(12-17(25)22-13-5-3-6-14(9-13)28-2)18(26)11-20-16(24)10-21-19(27)15-7-4-8-29-15/h3-9H,10-12H2,1-2H3,(H,20,24)(H,21,27)(H,22,25). The van der Waals surface area contributed by atoms with Gasteiger partial charge in [0.05, 0.1) is 33.0 Å². The normalized spacial score (nSPS) is 10.0. The SMILES string of the molecule is COc1cccc(NC(=O)CN(C)C(=O)CNC(=O)CNC(=O)c2ccco2)c1. The van der Waals surface area contributed by atoms with Crippen LogP contribution in [0.3, 0.4) is 0 Å². The summed E-state index contributed by atoms with van der Waals surface area (Å²) in [5, 5.41) is 7.40. The molecule has 29 heavy (non-hydrogen) atoms. The van der Waals surface area contributed by atoms with Crippen LogP contribution in [0, 0.1) is 0 Å². The van der Waals surface area contributed by atoms with Gasteiger partial charge in [-0.05, 0) is 24.3 Å². The lowest BCUT2D eigenvalue weighted by molar-refractivity contribution is -0.134. The molecule has 3 N–H and O–H groups in total. The fraction of sp³-hybridized carbons (Fsp3) is 0.263. The van der Waals surface area contributed by atoms with E-state index in [4.69, 9.17) is 9.15 Å². The fourth-order valence-electron chi connectivity index (χ4n) is 2.23. The van der Waals surface area contributed by atoms with Crippen LogP contribution < -0.4 is 20.7 Å². The van der Waals surface area contributed by atoms with E-state index in [1.54, 1.807) is 30.3 Å². The molecule has 1 aromatic carbocycles. The first kappa shape index (κ1) is 21.5. The minimum Gasteiger partial charge on any atom is -0.497 e. The highest BCUT2D eigenvalue weighted by atomic mass is 16.5. The van der Waals surface area contributed by atoms with Crippen molar-refractivity contribution in [2.24, 2.45) is 0 Å². The summed E-state index contributed by atoms with van der Waals surface area (Å²) >= 11 is 0. The van der Waals surface area contributed by atoms with Gasteiger partial charge in [-0.2, -0.15) is 0 Å². The van der Waals surface area contributed by atoms with Gasteiger partial charge < -0.3 is 30.0 Å². The molecule has 1 heterocycles. The predicted octanol–water partition coefficient (Wildman–Crippen LogP) is 0.231. The molecule has 10 nitrogen and oxygen atoms in total. The molecule has 10 heteroatoms. The molecule has 0 aliphatic carbocycles. The van der Waals surface area contributed by atoms with Crippen molar-refractivity contribution >= 4 is 29.3 Å². The van der Waals surface area contributed by atoms with Crippen LogP contribution >= 0.6 is 0 Å². The number of nitrogens with one attached hydrogen (secondary N) is 3. The number of hydrogen-bond donors (Lipinski definition) is 3. The Labute approximate surface area is 167 Å². The fourth-order valence-corrected chi connectivity index (χ4v) is 2.23. The zero-order valence-corrected chi connectivity index (χ0v) is 16.1. The summed E-state index contributed by atoms with van der Waals surface area (Å²) in [6.45, 7) is -0.813. The van der Waals surface area contributed by atoms with E-state index in [1.165, 1.54) is 31.4 Å². The predicted molar refractivity (Wildman–Crippen MR) is 103 cm³/mol. The molecular formula is C19H22N4O6. The van der Waals surface area contributed by atoms with E-state index in [9.17, 15) is 19.2 Å². The third kappa shape index (κ3) is 7.01. The molecule has 0 fully saturated rings. The van der Waals surface area contributed by atoms with Crippen molar-refractivity contribution in [1.82, 2.24) is 15.5 Å². The van der Waals surface area contributed by atoms with Crippen LogP contribution in [-0.4, -0.2) is 62.3 Å². The van der Waals surface area contributed by atoms with Gasteiger partial charge >= 0.3 is 0 Å². The van der Waals surface area contributed by atoms with Crippen molar-refractivity contribution in [3.05, 3.63) is 48.4 Å². The van der Waals surface area contributed by atoms with Crippen molar-refractivity contribution in [3.8, 4) is 5.75 Å². The lowest BCUT2D eigenvalue weighted by Gasteiger charge is -2.17. The monoisotopic (exact) mass is 402 g/mol. The van der Waals surface area contributed by atoms with Crippen LogP contribution in [0.5, 0.6) is 5.75 Å². The Morgan fingerprint density at radius 1 is 1.03 bits per heavy atom. The summed E-state index contributed by atoms with van der Waals surface area (Å²) in [7, 11) is 2.96. The molecule has 0 radical (unpaired) electrons. The van der Waals surface area contributed by atoms with Gasteiger partial charge in [-0.25, -0.2) is 0 Å². The molecule has 0 atom stereocenters. The van der Waals surface area contributed by atoms with Crippen LogP contribution in [0.2, 0.25) is 0 Å². The highest BCUT2D eigenvalue weighted by Gasteiger charge is 2.15. The molecule has 1 aromatic heterocycles. The second-order valence-corrected chi connectivity index (χ2v) is 5.97. The van der Waals surface area contributed by atoms with Gasteiger partial charge in [0.1, 0.15) is 5.75 Å². The number of likely N-dealkylation sites (N-methyl/N-ethyl adjacent to an activating group) is 1. The maximum absolute atomic E-state index is 12.1. The minimum absolute atomic E-state index is 0.0793. The Morgan fingerprint density at radius 3 is 2.52 bits per heavy atom. The molecule has 0 bridgehead atoms. The van der Waals surface area contributed by atoms with Crippen molar-refractivity contribution in [1.29, 1.82) is 0 Å². The number of anilines is 1. The average molecular weight is 402 g/mol. The van der Waals surface area contributed by atoms with Gasteiger partial charge in [-0.1, -0.05) is 6.07 Å². The van der Waals surface area contributed by atoms with Crippen LogP contribution in [-0.2, 0) is 14.4 Å². The van der Waals surface area contributed by atoms with E-state index >= 15 is 0 Å². The third-order valence-electron chi connectivity index (χ3n) is 3.75. The Balaban J connectivity index is 1.70. The number of carbonyl (C=O) groups is 4. The van der Waals surface area contributed by atoms with E-state index in [0.717, 1.165) is 0 Å². The van der Waals surface area contributed by atoms with Gasteiger partial charge in [0.25, 0.3) is 5.91 Å². The molecule has 2 aromatic rings. The van der Waals surface area contributed by atoms with Crippen LogP contribution in [0.25, 0.3) is 0 Å². The smallest absolute Gasteiger partial charge is 0.287 e. The maximum atomic E-state index is 12.1. The number of rotatable bonds is 9. The lowest BCUT2D eigenvalue weighted by atomic mass is 10.3. The van der Waals surface area contributed by atoms with Gasteiger partial charge in [-0.3, -0.25) is 19.2 Å². The largest absolute Gasteiger partial charge is 0.497 e. The van der Waals surface area contributed by atoms with Crippen LogP contribution in [0.1, 0.15) is 10.6 Å². The number of furan rings is 1. The van der Waals surface area contributed by atoms with Gasteiger partial charge in [0.15, 0.2) is 5.76 Å². The lowest BCUT2D eigenvalue weighted by Crippen LogP contribution is -2.44. The maximum Gasteiger partial charge on any atom is 0.287 e. The topological polar surface area (TPSA) is 130 Å². The van der Waals surface area contributed by atoms with Crippen molar-refractivity contribution in [3.63, 3.8) is 0 Å². The first-order valence-electron chi connectivity index (χ1n) is 8.65. The summed E-state index contributed by atoms with van der Waals surface area (Å²) in [5.41, 5.74) is 0.538. The Kier molecular flexibility index (Phi) is 7.78. The molecule has 0 saturated carbocycles. The first-order chi connectivity index (χ1) is 13.9. The molecule has 154 valence electrons. The molecule has 0 aliphatic heterocycles. The van der Waals surface area contributed by atoms with E-state index < -0.39 is 23.6 Å². The van der Waals surface area contributed by atoms with Crippen molar-refractivity contribution in [2.75, 3.05) is 39.1 Å². The van der Waals surface area contributed by atoms with E-state index in [2.05, 4.69) is 16.0 Å². The van der Waals surface area contributed by atoms with E-state index in [0.29, 0.717) is 11.4 Å². The molecule has 4 amide bonds. The number of ether oxygens (including phenoxy) is 1. The zero-order chi connectivity index (χ0) is 21.2. The summed E-state index contributed by atoms with van der Waals surface area (Å²) in [4.78, 5) is 48.7. The minimum atomic E-state index is -0.549.